The van der Waals surface area contributed by atoms with E-state index in [4.69, 9.17) is 0 Å². The molecule has 3 heteroatoms. The number of nitrogens with zero attached hydrogens (tertiary/aromatic N) is 2. The molecule has 2 aliphatic rings. The first kappa shape index (κ1) is 15.0. The second-order valence-electron chi connectivity index (χ2n) is 6.87. The van der Waals surface area contributed by atoms with E-state index < -0.39 is 0 Å². The van der Waals surface area contributed by atoms with Crippen molar-refractivity contribution in [3.63, 3.8) is 0 Å². The fraction of sp³-hybridized carbons (Fsp3) is 0.667. The Bertz CT molecular complexity index is 476. The Balaban J connectivity index is 1.67. The van der Waals surface area contributed by atoms with E-state index in [-0.39, 0.29) is 0 Å². The molecule has 2 aliphatic heterocycles. The molecular weight excluding hydrogens is 258 g/mol. The van der Waals surface area contributed by atoms with Gasteiger partial charge < -0.3 is 5.32 Å². The summed E-state index contributed by atoms with van der Waals surface area (Å²) in [5.41, 5.74) is 5.82. The molecule has 0 aliphatic carbocycles. The highest BCUT2D eigenvalue weighted by atomic mass is 15.3. The van der Waals surface area contributed by atoms with E-state index in [0.29, 0.717) is 6.04 Å². The Morgan fingerprint density at radius 3 is 2.05 bits per heavy atom. The first-order valence-corrected chi connectivity index (χ1v) is 8.33. The summed E-state index contributed by atoms with van der Waals surface area (Å²) in [5, 5.41) is 3.38. The van der Waals surface area contributed by atoms with Crippen molar-refractivity contribution in [2.75, 3.05) is 39.3 Å². The molecule has 0 aromatic heterocycles. The quantitative estimate of drug-likeness (QED) is 0.920. The van der Waals surface area contributed by atoms with Gasteiger partial charge in [0.15, 0.2) is 0 Å². The van der Waals surface area contributed by atoms with Crippen LogP contribution in [0.4, 0.5) is 0 Å². The van der Waals surface area contributed by atoms with Gasteiger partial charge in [-0.1, -0.05) is 17.7 Å². The molecule has 0 saturated carbocycles. The maximum atomic E-state index is 3.38. The van der Waals surface area contributed by atoms with Gasteiger partial charge in [0, 0.05) is 51.4 Å². The molecule has 3 rings (SSSR count). The second kappa shape index (κ2) is 6.07. The highest BCUT2D eigenvalue weighted by Crippen LogP contribution is 2.29. The summed E-state index contributed by atoms with van der Waals surface area (Å²) in [6.07, 6.45) is 0. The van der Waals surface area contributed by atoms with Gasteiger partial charge in [-0.3, -0.25) is 9.80 Å². The molecule has 0 radical (unpaired) electrons. The van der Waals surface area contributed by atoms with Crippen LogP contribution in [0.2, 0.25) is 0 Å². The molecule has 3 nitrogen and oxygen atoms in total. The molecule has 1 unspecified atom stereocenters. The number of hydrogen-bond donors (Lipinski definition) is 1. The van der Waals surface area contributed by atoms with Gasteiger partial charge in [-0.05, 0) is 44.4 Å². The van der Waals surface area contributed by atoms with E-state index in [0.717, 1.165) is 6.04 Å². The molecule has 1 atom stereocenters. The van der Waals surface area contributed by atoms with E-state index >= 15 is 0 Å². The van der Waals surface area contributed by atoms with E-state index in [1.807, 2.05) is 0 Å². The van der Waals surface area contributed by atoms with Crippen LogP contribution in [0.15, 0.2) is 12.1 Å². The normalized spacial score (nSPS) is 23.0. The lowest BCUT2D eigenvalue weighted by Crippen LogP contribution is -2.61. The Morgan fingerprint density at radius 2 is 1.57 bits per heavy atom. The van der Waals surface area contributed by atoms with Crippen molar-refractivity contribution in [1.29, 1.82) is 0 Å². The lowest BCUT2D eigenvalue weighted by molar-refractivity contribution is 0.0549. The third kappa shape index (κ3) is 3.01. The zero-order valence-electron chi connectivity index (χ0n) is 13.9. The molecule has 0 amide bonds. The SMILES string of the molecule is Cc1cc(C)c(C(C)N2CCN(C3CNC3)CC2)c(C)c1. The summed E-state index contributed by atoms with van der Waals surface area (Å²) in [5.74, 6) is 0. The second-order valence-corrected chi connectivity index (χ2v) is 6.87. The van der Waals surface area contributed by atoms with Crippen LogP contribution in [0.3, 0.4) is 0 Å². The molecule has 0 spiro atoms. The third-order valence-corrected chi connectivity index (χ3v) is 5.33. The van der Waals surface area contributed by atoms with Gasteiger partial charge in [-0.2, -0.15) is 0 Å². The standard InChI is InChI=1S/C18H29N3/c1-13-9-14(2)18(15(3)10-13)16(4)20-5-7-21(8-6-20)17-11-19-12-17/h9-10,16-17,19H,5-8,11-12H2,1-4H3. The lowest BCUT2D eigenvalue weighted by atomic mass is 9.93. The number of hydrogen-bond acceptors (Lipinski definition) is 3. The molecule has 2 fully saturated rings. The maximum Gasteiger partial charge on any atom is 0.0346 e. The highest BCUT2D eigenvalue weighted by Gasteiger charge is 2.29. The van der Waals surface area contributed by atoms with Gasteiger partial charge in [0.2, 0.25) is 0 Å². The Hall–Kier alpha value is -0.900. The third-order valence-electron chi connectivity index (χ3n) is 5.33. The summed E-state index contributed by atoms with van der Waals surface area (Å²) in [6.45, 7) is 16.3. The van der Waals surface area contributed by atoms with E-state index in [9.17, 15) is 0 Å². The van der Waals surface area contributed by atoms with Gasteiger partial charge in [0.1, 0.15) is 0 Å². The first-order chi connectivity index (χ1) is 10.1. The molecule has 1 aromatic carbocycles. The minimum Gasteiger partial charge on any atom is -0.314 e. The van der Waals surface area contributed by atoms with Gasteiger partial charge in [0.05, 0.1) is 0 Å². The Labute approximate surface area is 129 Å². The van der Waals surface area contributed by atoms with Gasteiger partial charge >= 0.3 is 0 Å². The largest absolute Gasteiger partial charge is 0.314 e. The van der Waals surface area contributed by atoms with Crippen molar-refractivity contribution in [3.05, 3.63) is 34.4 Å². The molecule has 1 N–H and O–H groups in total. The molecular formula is C18H29N3. The average molecular weight is 287 g/mol. The van der Waals surface area contributed by atoms with Crippen molar-refractivity contribution < 1.29 is 0 Å². The molecule has 2 heterocycles. The van der Waals surface area contributed by atoms with E-state index in [1.54, 1.807) is 5.56 Å². The average Bonchev–Trinajstić information content (AvgIpc) is 2.36. The van der Waals surface area contributed by atoms with Crippen LogP contribution in [0.25, 0.3) is 0 Å². The predicted octanol–water partition coefficient (Wildman–Crippen LogP) is 2.26. The summed E-state index contributed by atoms with van der Waals surface area (Å²) >= 11 is 0. The number of piperazine rings is 1. The molecule has 1 aromatic rings. The van der Waals surface area contributed by atoms with Crippen LogP contribution in [0.1, 0.15) is 35.2 Å². The lowest BCUT2D eigenvalue weighted by Gasteiger charge is -2.45. The van der Waals surface area contributed by atoms with Crippen LogP contribution in [-0.4, -0.2) is 55.1 Å². The van der Waals surface area contributed by atoms with Crippen LogP contribution >= 0.6 is 0 Å². The minimum absolute atomic E-state index is 0.535. The summed E-state index contributed by atoms with van der Waals surface area (Å²) in [6, 6.07) is 5.99. The maximum absolute atomic E-state index is 3.38. The number of rotatable bonds is 3. The predicted molar refractivity (Wildman–Crippen MR) is 88.9 cm³/mol. The minimum atomic E-state index is 0.535. The number of nitrogens with one attached hydrogen (secondary N) is 1. The molecule has 21 heavy (non-hydrogen) atoms. The van der Waals surface area contributed by atoms with Gasteiger partial charge in [-0.15, -0.1) is 0 Å². The van der Waals surface area contributed by atoms with Crippen LogP contribution < -0.4 is 5.32 Å². The zero-order valence-corrected chi connectivity index (χ0v) is 13.9. The zero-order chi connectivity index (χ0) is 15.0. The van der Waals surface area contributed by atoms with Crippen molar-refractivity contribution in [1.82, 2.24) is 15.1 Å². The van der Waals surface area contributed by atoms with Crippen LogP contribution in [0.5, 0.6) is 0 Å². The van der Waals surface area contributed by atoms with E-state index in [2.05, 4.69) is 54.9 Å². The molecule has 116 valence electrons. The summed E-state index contributed by atoms with van der Waals surface area (Å²) in [4.78, 5) is 5.32. The number of aryl methyl sites for hydroxylation is 3. The van der Waals surface area contributed by atoms with Crippen molar-refractivity contribution in [2.45, 2.75) is 39.8 Å². The van der Waals surface area contributed by atoms with Crippen molar-refractivity contribution >= 4 is 0 Å². The fourth-order valence-electron chi connectivity index (χ4n) is 4.05. The van der Waals surface area contributed by atoms with Gasteiger partial charge in [-0.25, -0.2) is 0 Å². The van der Waals surface area contributed by atoms with Crippen LogP contribution in [0, 0.1) is 20.8 Å². The first-order valence-electron chi connectivity index (χ1n) is 8.33. The number of benzene rings is 1. The topological polar surface area (TPSA) is 18.5 Å². The van der Waals surface area contributed by atoms with Crippen molar-refractivity contribution in [2.24, 2.45) is 0 Å². The van der Waals surface area contributed by atoms with Crippen molar-refractivity contribution in [3.8, 4) is 0 Å². The summed E-state index contributed by atoms with van der Waals surface area (Å²) in [7, 11) is 0. The van der Waals surface area contributed by atoms with Crippen LogP contribution in [-0.2, 0) is 0 Å². The molecule has 2 saturated heterocycles. The smallest absolute Gasteiger partial charge is 0.0346 e. The van der Waals surface area contributed by atoms with Gasteiger partial charge in [0.25, 0.3) is 0 Å². The molecule has 0 bridgehead atoms. The summed E-state index contributed by atoms with van der Waals surface area (Å²) < 4.78 is 0. The monoisotopic (exact) mass is 287 g/mol. The highest BCUT2D eigenvalue weighted by molar-refractivity contribution is 5.39. The van der Waals surface area contributed by atoms with E-state index in [1.165, 1.54) is 56.0 Å². The Kier molecular flexibility index (Phi) is 4.34. The fourth-order valence-corrected chi connectivity index (χ4v) is 4.05. The Morgan fingerprint density at radius 1 is 1.00 bits per heavy atom.